The second-order valence-electron chi connectivity index (χ2n) is 9.49. The minimum atomic E-state index is -2.76. The first kappa shape index (κ1) is 18.5. The van der Waals surface area contributed by atoms with Gasteiger partial charge in [0.15, 0.2) is 0 Å². The van der Waals surface area contributed by atoms with Crippen molar-refractivity contribution in [2.75, 3.05) is 0 Å². The number of benzene rings is 1. The predicted octanol–water partition coefficient (Wildman–Crippen LogP) is 5.23. The van der Waals surface area contributed by atoms with Crippen molar-refractivity contribution in [3.63, 3.8) is 0 Å². The lowest BCUT2D eigenvalue weighted by Crippen LogP contribution is -2.42. The van der Waals surface area contributed by atoms with E-state index in [1.807, 2.05) is 30.3 Å². The van der Waals surface area contributed by atoms with Crippen LogP contribution in [0.5, 0.6) is 0 Å². The average molecular weight is 376 g/mol. The zero-order valence-electron chi connectivity index (χ0n) is 16.1. The molecular weight excluding hydrogens is 342 g/mol. The fourth-order valence-corrected chi connectivity index (χ4v) is 8.68. The molecule has 3 nitrogen and oxygen atoms in total. The molecule has 26 heavy (non-hydrogen) atoms. The largest absolute Gasteiger partial charge is 0.393 e. The van der Waals surface area contributed by atoms with Gasteiger partial charge in [-0.15, -0.1) is 0 Å². The summed E-state index contributed by atoms with van der Waals surface area (Å²) in [6.07, 6.45) is 8.22. The number of rotatable bonds is 5. The molecule has 4 rings (SSSR count). The van der Waals surface area contributed by atoms with Crippen molar-refractivity contribution in [1.82, 2.24) is 0 Å². The molecule has 0 saturated heterocycles. The maximum atomic E-state index is 13.5. The lowest BCUT2D eigenvalue weighted by Gasteiger charge is -2.45. The van der Waals surface area contributed by atoms with E-state index in [0.717, 1.165) is 38.5 Å². The van der Waals surface area contributed by atoms with Crippen LogP contribution in [0.2, 0.25) is 0 Å². The Hall–Kier alpha value is -0.870. The Bertz CT molecular complexity index is 756. The SMILES string of the molecule is C[C@H](CC1(S(=N)(=O)c2ccccc2)CC1)[C@H]1CC[C@H]2[C@@H](O)CCC[C@]12C. The maximum absolute atomic E-state index is 13.5. The summed E-state index contributed by atoms with van der Waals surface area (Å²) < 4.78 is 21.9. The van der Waals surface area contributed by atoms with Gasteiger partial charge >= 0.3 is 0 Å². The van der Waals surface area contributed by atoms with Crippen LogP contribution in [-0.2, 0) is 9.73 Å². The summed E-state index contributed by atoms with van der Waals surface area (Å²) in [7, 11) is -2.76. The van der Waals surface area contributed by atoms with E-state index >= 15 is 0 Å². The number of nitrogens with one attached hydrogen (secondary N) is 1. The summed E-state index contributed by atoms with van der Waals surface area (Å²) in [6.45, 7) is 4.71. The van der Waals surface area contributed by atoms with Crippen LogP contribution >= 0.6 is 0 Å². The Kier molecular flexibility index (Phi) is 4.51. The van der Waals surface area contributed by atoms with Crippen LogP contribution in [0.15, 0.2) is 35.2 Å². The van der Waals surface area contributed by atoms with E-state index in [4.69, 9.17) is 4.78 Å². The summed E-state index contributed by atoms with van der Waals surface area (Å²) >= 11 is 0. The lowest BCUT2D eigenvalue weighted by atomic mass is 9.61. The summed E-state index contributed by atoms with van der Waals surface area (Å²) in [4.78, 5) is 0.702. The normalized spacial score (nSPS) is 39.0. The van der Waals surface area contributed by atoms with Crippen molar-refractivity contribution < 1.29 is 9.32 Å². The van der Waals surface area contributed by atoms with Crippen LogP contribution in [0.1, 0.15) is 65.2 Å². The topological polar surface area (TPSA) is 61.2 Å². The first-order chi connectivity index (χ1) is 12.3. The number of aliphatic hydroxyl groups excluding tert-OH is 1. The first-order valence-electron chi connectivity index (χ1n) is 10.3. The Morgan fingerprint density at radius 1 is 1.19 bits per heavy atom. The third kappa shape index (κ3) is 2.75. The summed E-state index contributed by atoms with van der Waals surface area (Å²) in [5.74, 6) is 1.49. The van der Waals surface area contributed by atoms with E-state index < -0.39 is 9.73 Å². The highest BCUT2D eigenvalue weighted by atomic mass is 32.2. The molecule has 1 aromatic carbocycles. The van der Waals surface area contributed by atoms with Crippen LogP contribution in [0.3, 0.4) is 0 Å². The summed E-state index contributed by atoms with van der Waals surface area (Å²) in [5, 5.41) is 10.5. The molecule has 0 bridgehead atoms. The third-order valence-corrected chi connectivity index (χ3v) is 10.8. The van der Waals surface area contributed by atoms with E-state index in [1.165, 1.54) is 12.8 Å². The molecule has 0 amide bonds. The molecule has 1 aromatic rings. The zero-order chi connectivity index (χ0) is 18.6. The molecule has 4 heteroatoms. The van der Waals surface area contributed by atoms with Gasteiger partial charge in [-0.05, 0) is 80.2 Å². The van der Waals surface area contributed by atoms with E-state index in [-0.39, 0.29) is 16.3 Å². The molecule has 0 spiro atoms. The monoisotopic (exact) mass is 375 g/mol. The minimum absolute atomic E-state index is 0.134. The van der Waals surface area contributed by atoms with Crippen LogP contribution < -0.4 is 0 Å². The van der Waals surface area contributed by atoms with Crippen molar-refractivity contribution in [1.29, 1.82) is 4.78 Å². The van der Waals surface area contributed by atoms with Crippen molar-refractivity contribution in [2.24, 2.45) is 23.2 Å². The van der Waals surface area contributed by atoms with Crippen LogP contribution in [-0.4, -0.2) is 20.2 Å². The second-order valence-corrected chi connectivity index (χ2v) is 11.9. The Morgan fingerprint density at radius 2 is 1.88 bits per heavy atom. The van der Waals surface area contributed by atoms with Crippen molar-refractivity contribution in [3.8, 4) is 0 Å². The number of aliphatic hydroxyl groups is 1. The van der Waals surface area contributed by atoms with Crippen LogP contribution in [0.4, 0.5) is 0 Å². The van der Waals surface area contributed by atoms with Gasteiger partial charge in [0.2, 0.25) is 0 Å². The predicted molar refractivity (Wildman–Crippen MR) is 105 cm³/mol. The molecule has 3 fully saturated rings. The quantitative estimate of drug-likeness (QED) is 0.740. The number of hydrogen-bond donors (Lipinski definition) is 2. The van der Waals surface area contributed by atoms with E-state index in [9.17, 15) is 9.32 Å². The fourth-order valence-electron chi connectivity index (χ4n) is 6.46. The van der Waals surface area contributed by atoms with E-state index in [0.29, 0.717) is 22.6 Å². The van der Waals surface area contributed by atoms with Gasteiger partial charge in [-0.25, -0.2) is 8.99 Å². The standard InChI is InChI=1S/C22H33NO2S/c1-16(18-10-11-19-20(24)9-6-12-21(18,19)2)15-22(13-14-22)26(23,25)17-7-4-3-5-8-17/h3-5,7-8,16,18-20,23-24H,6,9-15H2,1-2H3/t16-,18-,19+,20+,21-,26?/m1/s1. The number of fused-ring (bicyclic) bond motifs is 1. The van der Waals surface area contributed by atoms with Gasteiger partial charge in [0.25, 0.3) is 0 Å². The summed E-state index contributed by atoms with van der Waals surface area (Å²) in [5.41, 5.74) is 0.225. The molecule has 3 aliphatic carbocycles. The Labute approximate surface area is 158 Å². The molecule has 2 N–H and O–H groups in total. The molecule has 3 saturated carbocycles. The van der Waals surface area contributed by atoms with Gasteiger partial charge in [-0.2, -0.15) is 0 Å². The van der Waals surface area contributed by atoms with Crippen molar-refractivity contribution in [3.05, 3.63) is 30.3 Å². The fraction of sp³-hybridized carbons (Fsp3) is 0.727. The smallest absolute Gasteiger partial charge is 0.0784 e. The molecule has 1 unspecified atom stereocenters. The maximum Gasteiger partial charge on any atom is 0.0784 e. The highest BCUT2D eigenvalue weighted by Gasteiger charge is 2.57. The molecule has 0 radical (unpaired) electrons. The first-order valence-corrected chi connectivity index (χ1v) is 11.9. The molecule has 0 heterocycles. The molecule has 0 aromatic heterocycles. The van der Waals surface area contributed by atoms with Gasteiger partial charge in [0.05, 0.1) is 20.6 Å². The number of hydrogen-bond acceptors (Lipinski definition) is 3. The van der Waals surface area contributed by atoms with Gasteiger partial charge in [0, 0.05) is 4.90 Å². The van der Waals surface area contributed by atoms with Gasteiger partial charge in [-0.1, -0.05) is 38.5 Å². The highest BCUT2D eigenvalue weighted by molar-refractivity contribution is 7.94. The molecule has 3 aliphatic rings. The molecule has 0 aliphatic heterocycles. The minimum Gasteiger partial charge on any atom is -0.393 e. The van der Waals surface area contributed by atoms with Gasteiger partial charge < -0.3 is 5.11 Å². The van der Waals surface area contributed by atoms with E-state index in [2.05, 4.69) is 13.8 Å². The van der Waals surface area contributed by atoms with Gasteiger partial charge in [-0.3, -0.25) is 0 Å². The Morgan fingerprint density at radius 3 is 2.54 bits per heavy atom. The van der Waals surface area contributed by atoms with Crippen molar-refractivity contribution in [2.45, 2.75) is 81.0 Å². The second kappa shape index (κ2) is 6.34. The Balaban J connectivity index is 1.54. The molecule has 144 valence electrons. The highest BCUT2D eigenvalue weighted by Crippen LogP contribution is 2.60. The van der Waals surface area contributed by atoms with Gasteiger partial charge in [0.1, 0.15) is 0 Å². The van der Waals surface area contributed by atoms with Crippen LogP contribution in [0.25, 0.3) is 0 Å². The average Bonchev–Trinajstić information content (AvgIpc) is 3.31. The third-order valence-electron chi connectivity index (χ3n) is 8.04. The van der Waals surface area contributed by atoms with Crippen molar-refractivity contribution >= 4 is 9.73 Å². The molecule has 6 atom stereocenters. The van der Waals surface area contributed by atoms with Crippen LogP contribution in [0, 0.1) is 27.9 Å². The lowest BCUT2D eigenvalue weighted by molar-refractivity contribution is -0.0278. The molecular formula is C22H33NO2S. The van der Waals surface area contributed by atoms with E-state index in [1.54, 1.807) is 0 Å². The zero-order valence-corrected chi connectivity index (χ0v) is 16.9. The summed E-state index contributed by atoms with van der Waals surface area (Å²) in [6, 6.07) is 9.45.